The first-order valence-corrected chi connectivity index (χ1v) is 6.98. The van der Waals surface area contributed by atoms with Crippen LogP contribution in [0.2, 0.25) is 0 Å². The van der Waals surface area contributed by atoms with E-state index in [2.05, 4.69) is 0 Å². The van der Waals surface area contributed by atoms with Crippen LogP contribution >= 0.6 is 12.2 Å². The second kappa shape index (κ2) is 4.97. The zero-order valence-corrected chi connectivity index (χ0v) is 13.0. The Hall–Kier alpha value is -1.20. The quantitative estimate of drug-likeness (QED) is 0.870. The highest BCUT2D eigenvalue weighted by Gasteiger charge is 2.47. The number of hydrogen-bond acceptors (Lipinski definition) is 3. The van der Waals surface area contributed by atoms with Gasteiger partial charge in [0, 0.05) is 12.0 Å². The standard InChI is InChI=1S/C15H20FNO2S/c1-14(2)8-12(15(3,4)19-14)18-11-6-5-9(13(17)20)7-10(11)16/h5-7,12H,8H2,1-4H3,(H2,17,20). The van der Waals surface area contributed by atoms with Gasteiger partial charge in [-0.05, 0) is 45.9 Å². The molecule has 2 N–H and O–H groups in total. The molecule has 1 saturated heterocycles. The van der Waals surface area contributed by atoms with Crippen molar-refractivity contribution >= 4 is 17.2 Å². The Balaban J connectivity index is 2.21. The first kappa shape index (κ1) is 15.2. The summed E-state index contributed by atoms with van der Waals surface area (Å²) in [7, 11) is 0. The van der Waals surface area contributed by atoms with Gasteiger partial charge in [-0.3, -0.25) is 0 Å². The van der Waals surface area contributed by atoms with E-state index in [0.29, 0.717) is 12.0 Å². The minimum atomic E-state index is -0.462. The van der Waals surface area contributed by atoms with Gasteiger partial charge in [-0.1, -0.05) is 12.2 Å². The van der Waals surface area contributed by atoms with Crippen LogP contribution in [0.15, 0.2) is 18.2 Å². The largest absolute Gasteiger partial charge is 0.484 e. The Kier molecular flexibility index (Phi) is 3.77. The molecule has 0 aromatic heterocycles. The second-order valence-electron chi connectivity index (χ2n) is 6.29. The van der Waals surface area contributed by atoms with Crippen LogP contribution in [0.5, 0.6) is 5.75 Å². The molecule has 1 fully saturated rings. The average Bonchev–Trinajstić information content (AvgIpc) is 2.49. The van der Waals surface area contributed by atoms with Crippen LogP contribution in [0.1, 0.15) is 39.7 Å². The van der Waals surface area contributed by atoms with Crippen LogP contribution in [-0.4, -0.2) is 22.3 Å². The number of rotatable bonds is 3. The lowest BCUT2D eigenvalue weighted by atomic mass is 9.97. The number of hydrogen-bond donors (Lipinski definition) is 1. The SMILES string of the molecule is CC1(C)CC(Oc2ccc(C(N)=S)cc2F)C(C)(C)O1. The Labute approximate surface area is 124 Å². The molecule has 0 radical (unpaired) electrons. The smallest absolute Gasteiger partial charge is 0.165 e. The van der Waals surface area contributed by atoms with Crippen LogP contribution < -0.4 is 10.5 Å². The van der Waals surface area contributed by atoms with Crippen molar-refractivity contribution in [2.45, 2.75) is 51.4 Å². The predicted octanol–water partition coefficient (Wildman–Crippen LogP) is 3.18. The van der Waals surface area contributed by atoms with Gasteiger partial charge in [-0.15, -0.1) is 0 Å². The molecule has 0 spiro atoms. The van der Waals surface area contributed by atoms with Crippen molar-refractivity contribution in [2.24, 2.45) is 5.73 Å². The third-order valence-electron chi connectivity index (χ3n) is 3.48. The Morgan fingerprint density at radius 2 is 2.05 bits per heavy atom. The molecule has 3 nitrogen and oxygen atoms in total. The first-order valence-electron chi connectivity index (χ1n) is 6.57. The molecule has 20 heavy (non-hydrogen) atoms. The van der Waals surface area contributed by atoms with E-state index in [4.69, 9.17) is 27.4 Å². The summed E-state index contributed by atoms with van der Waals surface area (Å²) >= 11 is 4.83. The van der Waals surface area contributed by atoms with Crippen LogP contribution in [0.25, 0.3) is 0 Å². The van der Waals surface area contributed by atoms with E-state index >= 15 is 0 Å². The number of halogens is 1. The third-order valence-corrected chi connectivity index (χ3v) is 3.71. The molecule has 0 aliphatic carbocycles. The van der Waals surface area contributed by atoms with E-state index < -0.39 is 11.4 Å². The van der Waals surface area contributed by atoms with Crippen molar-refractivity contribution in [3.8, 4) is 5.75 Å². The van der Waals surface area contributed by atoms with Crippen molar-refractivity contribution in [1.82, 2.24) is 0 Å². The van der Waals surface area contributed by atoms with Crippen molar-refractivity contribution in [3.05, 3.63) is 29.6 Å². The molecule has 1 heterocycles. The molecule has 0 amide bonds. The maximum Gasteiger partial charge on any atom is 0.165 e. The molecule has 1 aromatic rings. The van der Waals surface area contributed by atoms with Crippen LogP contribution in [0, 0.1) is 5.82 Å². The Bertz CT molecular complexity index is 543. The highest BCUT2D eigenvalue weighted by atomic mass is 32.1. The molecule has 0 saturated carbocycles. The van der Waals surface area contributed by atoms with Gasteiger partial charge >= 0.3 is 0 Å². The van der Waals surface area contributed by atoms with Gasteiger partial charge in [-0.2, -0.15) is 0 Å². The Morgan fingerprint density at radius 3 is 2.50 bits per heavy atom. The zero-order valence-electron chi connectivity index (χ0n) is 12.2. The van der Waals surface area contributed by atoms with E-state index in [0.717, 1.165) is 0 Å². The predicted molar refractivity (Wildman–Crippen MR) is 80.6 cm³/mol. The van der Waals surface area contributed by atoms with E-state index in [-0.39, 0.29) is 22.4 Å². The van der Waals surface area contributed by atoms with E-state index in [1.807, 2.05) is 27.7 Å². The summed E-state index contributed by atoms with van der Waals surface area (Å²) in [6, 6.07) is 4.52. The van der Waals surface area contributed by atoms with Gasteiger partial charge in [0.05, 0.1) is 5.60 Å². The number of ether oxygens (including phenoxy) is 2. The maximum absolute atomic E-state index is 14.0. The zero-order chi connectivity index (χ0) is 15.1. The minimum Gasteiger partial charge on any atom is -0.484 e. The average molecular weight is 297 g/mol. The lowest BCUT2D eigenvalue weighted by Gasteiger charge is -2.27. The van der Waals surface area contributed by atoms with Gasteiger partial charge in [0.2, 0.25) is 0 Å². The minimum absolute atomic E-state index is 0.168. The topological polar surface area (TPSA) is 44.5 Å². The molecule has 0 bridgehead atoms. The fourth-order valence-electron chi connectivity index (χ4n) is 2.60. The fourth-order valence-corrected chi connectivity index (χ4v) is 2.73. The summed E-state index contributed by atoms with van der Waals surface area (Å²) < 4.78 is 25.8. The molecular formula is C15H20FNO2S. The van der Waals surface area contributed by atoms with Crippen LogP contribution in [-0.2, 0) is 4.74 Å². The van der Waals surface area contributed by atoms with Gasteiger partial charge in [-0.25, -0.2) is 4.39 Å². The monoisotopic (exact) mass is 297 g/mol. The summed E-state index contributed by atoms with van der Waals surface area (Å²) in [6.07, 6.45) is 0.499. The summed E-state index contributed by atoms with van der Waals surface area (Å²) in [5.41, 5.74) is 5.24. The van der Waals surface area contributed by atoms with Crippen LogP contribution in [0.4, 0.5) is 4.39 Å². The van der Waals surface area contributed by atoms with Gasteiger partial charge < -0.3 is 15.2 Å². The maximum atomic E-state index is 14.0. The van der Waals surface area contributed by atoms with Gasteiger partial charge in [0.1, 0.15) is 16.7 Å². The number of benzene rings is 1. The molecule has 5 heteroatoms. The highest BCUT2D eigenvalue weighted by Crippen LogP contribution is 2.39. The Morgan fingerprint density at radius 1 is 1.40 bits per heavy atom. The summed E-state index contributed by atoms with van der Waals surface area (Å²) in [6.45, 7) is 7.91. The van der Waals surface area contributed by atoms with E-state index in [9.17, 15) is 4.39 Å². The molecule has 1 atom stereocenters. The number of thiocarbonyl (C=S) groups is 1. The summed E-state index contributed by atoms with van der Waals surface area (Å²) in [5.74, 6) is -0.264. The van der Waals surface area contributed by atoms with Gasteiger partial charge in [0.15, 0.2) is 11.6 Å². The molecule has 1 aromatic carbocycles. The first-order chi connectivity index (χ1) is 9.11. The van der Waals surface area contributed by atoms with E-state index in [1.165, 1.54) is 6.07 Å². The number of nitrogens with two attached hydrogens (primary N) is 1. The lowest BCUT2D eigenvalue weighted by Crippen LogP contribution is -2.36. The normalized spacial score (nSPS) is 23.6. The molecule has 1 aliphatic heterocycles. The van der Waals surface area contributed by atoms with Crippen molar-refractivity contribution in [1.29, 1.82) is 0 Å². The third kappa shape index (κ3) is 3.10. The summed E-state index contributed by atoms with van der Waals surface area (Å²) in [5, 5.41) is 0. The molecule has 1 unspecified atom stereocenters. The molecule has 1 aliphatic rings. The summed E-state index contributed by atoms with van der Waals surface area (Å²) in [4.78, 5) is 0.168. The highest BCUT2D eigenvalue weighted by molar-refractivity contribution is 7.80. The van der Waals surface area contributed by atoms with Crippen molar-refractivity contribution in [2.75, 3.05) is 0 Å². The molecule has 2 rings (SSSR count). The fraction of sp³-hybridized carbons (Fsp3) is 0.533. The van der Waals surface area contributed by atoms with Crippen LogP contribution in [0.3, 0.4) is 0 Å². The molecular weight excluding hydrogens is 277 g/mol. The van der Waals surface area contributed by atoms with Crippen molar-refractivity contribution < 1.29 is 13.9 Å². The van der Waals surface area contributed by atoms with E-state index in [1.54, 1.807) is 12.1 Å². The van der Waals surface area contributed by atoms with Gasteiger partial charge in [0.25, 0.3) is 0 Å². The second-order valence-corrected chi connectivity index (χ2v) is 6.73. The van der Waals surface area contributed by atoms with Crippen molar-refractivity contribution in [3.63, 3.8) is 0 Å². The lowest BCUT2D eigenvalue weighted by molar-refractivity contribution is -0.0849. The molecule has 110 valence electrons.